The number of nitrogens with zero attached hydrogens (tertiary/aromatic N) is 1. The lowest BCUT2D eigenvalue weighted by Gasteiger charge is -2.28. The van der Waals surface area contributed by atoms with Gasteiger partial charge in [0, 0.05) is 11.1 Å². The van der Waals surface area contributed by atoms with E-state index in [4.69, 9.17) is 12.2 Å². The number of anilines is 1. The van der Waals surface area contributed by atoms with E-state index in [1.807, 2.05) is 50.3 Å². The molecule has 2 aromatic carbocycles. The Morgan fingerprint density at radius 1 is 0.935 bits per heavy atom. The molecule has 1 aliphatic heterocycles. The van der Waals surface area contributed by atoms with Crippen LogP contribution in [-0.2, 0) is 15.6 Å². The monoisotopic (exact) mass is 453 g/mol. The van der Waals surface area contributed by atoms with E-state index in [9.17, 15) is 9.90 Å². The van der Waals surface area contributed by atoms with Crippen LogP contribution in [0.15, 0.2) is 35.2 Å². The van der Waals surface area contributed by atoms with Crippen LogP contribution in [0.4, 0.5) is 5.69 Å². The largest absolute Gasteiger partial charge is 0.507 e. The molecule has 2 aromatic rings. The molecule has 0 aliphatic carbocycles. The maximum absolute atomic E-state index is 13.2. The van der Waals surface area contributed by atoms with E-state index < -0.39 is 0 Å². The maximum Gasteiger partial charge on any atom is 0.270 e. The number of rotatable bonds is 2. The van der Waals surface area contributed by atoms with Crippen molar-refractivity contribution in [2.75, 3.05) is 4.90 Å². The summed E-state index contributed by atoms with van der Waals surface area (Å²) < 4.78 is 0.533. The van der Waals surface area contributed by atoms with Crippen molar-refractivity contribution in [3.8, 4) is 5.75 Å². The van der Waals surface area contributed by atoms with Crippen molar-refractivity contribution in [1.29, 1.82) is 0 Å². The molecule has 0 aromatic heterocycles. The molecule has 1 amide bonds. The number of carbonyl (C=O) groups excluding carboxylic acids is 1. The number of thioether (sulfide) groups is 1. The standard InChI is InChI=1S/C26H31NO2S2/c1-15-9-10-18(11-16(15)2)27-23(29)21(31-24(27)30)14-17-12-19(25(3,4)5)22(28)20(13-17)26(6,7)8/h9-14,28H,1-8H3/b21-14-. The first-order valence-electron chi connectivity index (χ1n) is 10.4. The smallest absolute Gasteiger partial charge is 0.270 e. The first-order chi connectivity index (χ1) is 14.2. The molecule has 0 unspecified atom stereocenters. The summed E-state index contributed by atoms with van der Waals surface area (Å²) in [6.45, 7) is 16.6. The summed E-state index contributed by atoms with van der Waals surface area (Å²) in [5.74, 6) is 0.223. The molecule has 1 aliphatic rings. The Morgan fingerprint density at radius 3 is 1.97 bits per heavy atom. The van der Waals surface area contributed by atoms with E-state index in [0.717, 1.165) is 27.9 Å². The van der Waals surface area contributed by atoms with Gasteiger partial charge in [-0.1, -0.05) is 71.6 Å². The Morgan fingerprint density at radius 2 is 1.48 bits per heavy atom. The highest BCUT2D eigenvalue weighted by Gasteiger charge is 2.34. The second-order valence-corrected chi connectivity index (χ2v) is 11.9. The van der Waals surface area contributed by atoms with Crippen LogP contribution < -0.4 is 4.90 Å². The zero-order valence-corrected chi connectivity index (χ0v) is 21.2. The molecule has 3 nitrogen and oxygen atoms in total. The van der Waals surface area contributed by atoms with E-state index >= 15 is 0 Å². The van der Waals surface area contributed by atoms with Crippen LogP contribution in [0.5, 0.6) is 5.75 Å². The van der Waals surface area contributed by atoms with E-state index in [0.29, 0.717) is 15.0 Å². The summed E-state index contributed by atoms with van der Waals surface area (Å²) in [5.41, 5.74) is 5.28. The molecular weight excluding hydrogens is 422 g/mol. The van der Waals surface area contributed by atoms with Gasteiger partial charge in [0.15, 0.2) is 4.32 Å². The van der Waals surface area contributed by atoms with Crippen molar-refractivity contribution in [2.24, 2.45) is 0 Å². The molecule has 164 valence electrons. The Hall–Kier alpha value is -2.11. The molecule has 0 spiro atoms. The van der Waals surface area contributed by atoms with Crippen molar-refractivity contribution in [3.05, 3.63) is 63.1 Å². The molecule has 1 fully saturated rings. The summed E-state index contributed by atoms with van der Waals surface area (Å²) in [6.07, 6.45) is 1.89. The molecule has 0 bridgehead atoms. The number of hydrogen-bond donors (Lipinski definition) is 1. The summed E-state index contributed by atoms with van der Waals surface area (Å²) >= 11 is 6.87. The predicted octanol–water partition coefficient (Wildman–Crippen LogP) is 7.01. The molecular formula is C26H31NO2S2. The van der Waals surface area contributed by atoms with Gasteiger partial charge in [-0.15, -0.1) is 0 Å². The van der Waals surface area contributed by atoms with Crippen molar-refractivity contribution in [3.63, 3.8) is 0 Å². The van der Waals surface area contributed by atoms with Crippen LogP contribution in [-0.4, -0.2) is 15.3 Å². The highest BCUT2D eigenvalue weighted by molar-refractivity contribution is 8.27. The molecule has 0 radical (unpaired) electrons. The minimum atomic E-state index is -0.230. The fourth-order valence-electron chi connectivity index (χ4n) is 3.59. The Bertz CT molecular complexity index is 1070. The third kappa shape index (κ3) is 4.73. The van der Waals surface area contributed by atoms with Gasteiger partial charge >= 0.3 is 0 Å². The van der Waals surface area contributed by atoms with Crippen molar-refractivity contribution in [1.82, 2.24) is 0 Å². The maximum atomic E-state index is 13.2. The number of carbonyl (C=O) groups is 1. The second kappa shape index (κ2) is 8.10. The number of phenolic OH excluding ortho intramolecular Hbond substituents is 1. The average Bonchev–Trinajstić information content (AvgIpc) is 2.90. The Kier molecular flexibility index (Phi) is 6.16. The third-order valence-electron chi connectivity index (χ3n) is 5.59. The van der Waals surface area contributed by atoms with Gasteiger partial charge in [-0.3, -0.25) is 9.69 Å². The van der Waals surface area contributed by atoms with Crippen LogP contribution in [0.2, 0.25) is 0 Å². The molecule has 1 N–H and O–H groups in total. The van der Waals surface area contributed by atoms with Gasteiger partial charge in [-0.2, -0.15) is 0 Å². The van der Waals surface area contributed by atoms with E-state index in [1.54, 1.807) is 4.90 Å². The van der Waals surface area contributed by atoms with E-state index in [1.165, 1.54) is 17.3 Å². The SMILES string of the molecule is Cc1ccc(N2C(=O)/C(=C/c3cc(C(C)(C)C)c(O)c(C(C)(C)C)c3)SC2=S)cc1C. The lowest BCUT2D eigenvalue weighted by Crippen LogP contribution is -2.27. The summed E-state index contributed by atoms with van der Waals surface area (Å²) in [6, 6.07) is 9.91. The van der Waals surface area contributed by atoms with Gasteiger partial charge in [0.05, 0.1) is 10.6 Å². The zero-order valence-electron chi connectivity index (χ0n) is 19.6. The number of phenols is 1. The second-order valence-electron chi connectivity index (χ2n) is 10.3. The van der Waals surface area contributed by atoms with Crippen LogP contribution in [0.3, 0.4) is 0 Å². The minimum absolute atomic E-state index is 0.110. The molecule has 1 saturated heterocycles. The van der Waals surface area contributed by atoms with Gasteiger partial charge in [-0.25, -0.2) is 0 Å². The number of benzene rings is 2. The molecule has 31 heavy (non-hydrogen) atoms. The summed E-state index contributed by atoms with van der Waals surface area (Å²) in [7, 11) is 0. The topological polar surface area (TPSA) is 40.5 Å². The van der Waals surface area contributed by atoms with Crippen LogP contribution in [0.25, 0.3) is 6.08 Å². The van der Waals surface area contributed by atoms with Gasteiger partial charge < -0.3 is 5.11 Å². The van der Waals surface area contributed by atoms with Crippen LogP contribution in [0.1, 0.15) is 69.4 Å². The number of aryl methyl sites for hydroxylation is 2. The number of hydrogen-bond acceptors (Lipinski definition) is 4. The minimum Gasteiger partial charge on any atom is -0.507 e. The third-order valence-corrected chi connectivity index (χ3v) is 6.89. The van der Waals surface area contributed by atoms with Crippen molar-refractivity contribution < 1.29 is 9.90 Å². The zero-order chi connectivity index (χ0) is 23.3. The van der Waals surface area contributed by atoms with Gasteiger partial charge in [0.25, 0.3) is 5.91 Å². The molecule has 1 heterocycles. The normalized spacial score (nSPS) is 16.5. The number of thiocarbonyl (C=S) groups is 1. The first kappa shape index (κ1) is 23.6. The van der Waals surface area contributed by atoms with Gasteiger partial charge in [0.1, 0.15) is 5.75 Å². The summed E-state index contributed by atoms with van der Waals surface area (Å²) in [5, 5.41) is 11.0. The molecule has 3 rings (SSSR count). The van der Waals surface area contributed by atoms with Gasteiger partial charge in [-0.05, 0) is 71.7 Å². The number of aromatic hydroxyl groups is 1. The van der Waals surface area contributed by atoms with Crippen molar-refractivity contribution >= 4 is 46.0 Å². The highest BCUT2D eigenvalue weighted by Crippen LogP contribution is 2.42. The quantitative estimate of drug-likeness (QED) is 0.392. The fraction of sp³-hybridized carbons (Fsp3) is 0.385. The van der Waals surface area contributed by atoms with Crippen molar-refractivity contribution in [2.45, 2.75) is 66.2 Å². The highest BCUT2D eigenvalue weighted by atomic mass is 32.2. The fourth-order valence-corrected chi connectivity index (χ4v) is 4.89. The molecule has 0 atom stereocenters. The lowest BCUT2D eigenvalue weighted by atomic mass is 9.78. The average molecular weight is 454 g/mol. The Labute approximate surface area is 195 Å². The van der Waals surface area contributed by atoms with Crippen LogP contribution in [0, 0.1) is 13.8 Å². The summed E-state index contributed by atoms with van der Waals surface area (Å²) in [4.78, 5) is 15.4. The molecule has 0 saturated carbocycles. The first-order valence-corrected chi connectivity index (χ1v) is 11.7. The predicted molar refractivity (Wildman–Crippen MR) is 137 cm³/mol. The Balaban J connectivity index is 2.08. The van der Waals surface area contributed by atoms with E-state index in [-0.39, 0.29) is 16.7 Å². The number of amides is 1. The lowest BCUT2D eigenvalue weighted by molar-refractivity contribution is -0.113. The van der Waals surface area contributed by atoms with E-state index in [2.05, 4.69) is 41.5 Å². The van der Waals surface area contributed by atoms with Crippen LogP contribution >= 0.6 is 24.0 Å². The molecule has 5 heteroatoms. The van der Waals surface area contributed by atoms with Gasteiger partial charge in [0.2, 0.25) is 0 Å².